The van der Waals surface area contributed by atoms with E-state index in [9.17, 15) is 18.0 Å². The van der Waals surface area contributed by atoms with E-state index in [4.69, 9.17) is 14.3 Å². The van der Waals surface area contributed by atoms with Crippen LogP contribution in [0.25, 0.3) is 11.0 Å². The number of carbonyl (C=O) groups excluding carboxylic acids is 1. The average molecular weight is 580 g/mol. The van der Waals surface area contributed by atoms with Gasteiger partial charge in [-0.15, -0.1) is 0 Å². The van der Waals surface area contributed by atoms with Gasteiger partial charge in [-0.05, 0) is 58.8 Å². The summed E-state index contributed by atoms with van der Waals surface area (Å²) in [6.07, 6.45) is -0.306. The molecule has 3 aromatic rings. The van der Waals surface area contributed by atoms with E-state index in [1.54, 1.807) is 44.4 Å². The number of fused-ring (bicyclic) bond motifs is 1. The number of nitrogens with two attached hydrogens (primary N) is 1. The molecule has 12 heteroatoms. The van der Waals surface area contributed by atoms with E-state index in [2.05, 4.69) is 27.3 Å². The maximum absolute atomic E-state index is 12.7. The molecule has 1 aromatic heterocycles. The maximum atomic E-state index is 12.7. The molecule has 0 unspecified atom stereocenters. The minimum atomic E-state index is -3.90. The molecule has 0 atom stereocenters. The Labute approximate surface area is 220 Å². The molecule has 32 heavy (non-hydrogen) atoms. The Kier molecular flexibility index (Phi) is 8.76. The number of benzene rings is 2. The van der Waals surface area contributed by atoms with E-state index < -0.39 is 21.9 Å². The van der Waals surface area contributed by atoms with Crippen molar-refractivity contribution in [3.8, 4) is 5.75 Å². The zero-order valence-corrected chi connectivity index (χ0v) is 22.9. The van der Waals surface area contributed by atoms with Crippen molar-refractivity contribution in [3.05, 3.63) is 67.1 Å². The van der Waals surface area contributed by atoms with Gasteiger partial charge in [0.2, 0.25) is 0 Å². The third-order valence-corrected chi connectivity index (χ3v) is 5.83. The Bertz CT molecular complexity index is 1340. The Morgan fingerprint density at radius 3 is 2.56 bits per heavy atom. The van der Waals surface area contributed by atoms with Crippen LogP contribution in [-0.4, -0.2) is 63.1 Å². The summed E-state index contributed by atoms with van der Waals surface area (Å²) >= 11 is 2.05. The minimum absolute atomic E-state index is 0. The fourth-order valence-corrected chi connectivity index (χ4v) is 4.00. The molecule has 0 aliphatic rings. The predicted molar refractivity (Wildman–Crippen MR) is 131 cm³/mol. The molecule has 1 radical (unpaired) electrons. The van der Waals surface area contributed by atoms with E-state index in [-0.39, 0.29) is 36.0 Å². The van der Waals surface area contributed by atoms with E-state index in [0.29, 0.717) is 37.1 Å². The molecule has 3 rings (SSSR count). The summed E-state index contributed by atoms with van der Waals surface area (Å²) in [5.41, 5.74) is 1.94. The predicted octanol–water partition coefficient (Wildman–Crippen LogP) is 2.59. The third-order valence-electron chi connectivity index (χ3n) is 4.47. The van der Waals surface area contributed by atoms with Crippen LogP contribution >= 0.6 is 22.6 Å². The Hall–Kier alpha value is -1.64. The van der Waals surface area contributed by atoms with Crippen molar-refractivity contribution in [1.29, 1.82) is 0 Å². The van der Waals surface area contributed by atoms with Gasteiger partial charge in [0, 0.05) is 67.1 Å². The van der Waals surface area contributed by atoms with E-state index in [1.165, 1.54) is 11.0 Å². The molecule has 165 valence electrons. The number of aryl methyl sites for hydroxylation is 1. The van der Waals surface area contributed by atoms with Crippen molar-refractivity contribution in [1.82, 2.24) is 4.90 Å². The molecule has 0 bridgehead atoms. The normalized spacial score (nSPS) is 11.0. The first-order valence-corrected chi connectivity index (χ1v) is 11.6. The van der Waals surface area contributed by atoms with Gasteiger partial charge in [-0.2, -0.15) is 8.42 Å². The van der Waals surface area contributed by atoms with Gasteiger partial charge in [0.1, 0.15) is 11.3 Å². The first-order valence-electron chi connectivity index (χ1n) is 8.99. The van der Waals surface area contributed by atoms with Gasteiger partial charge in [0.15, 0.2) is 0 Å². The monoisotopic (exact) mass is 580 g/mol. The van der Waals surface area contributed by atoms with E-state index in [0.717, 1.165) is 5.56 Å². The smallest absolute Gasteiger partial charge is 0.414 e. The Morgan fingerprint density at radius 1 is 1.25 bits per heavy atom. The van der Waals surface area contributed by atoms with Crippen molar-refractivity contribution in [2.45, 2.75) is 13.3 Å². The van der Waals surface area contributed by atoms with E-state index >= 15 is 0 Å². The summed E-state index contributed by atoms with van der Waals surface area (Å²) in [4.78, 5) is 25.8. The minimum Gasteiger partial charge on any atom is -0.422 e. The summed E-state index contributed by atoms with van der Waals surface area (Å²) in [5.74, 6) is 0.295. The van der Waals surface area contributed by atoms with Crippen LogP contribution in [0, 0.1) is 10.5 Å². The number of anilines is 1. The Morgan fingerprint density at radius 2 is 1.94 bits per heavy atom. The van der Waals surface area contributed by atoms with E-state index in [1.807, 2.05) is 6.92 Å². The van der Waals surface area contributed by atoms with Gasteiger partial charge >= 0.3 is 11.7 Å². The molecule has 0 aliphatic carbocycles. The summed E-state index contributed by atoms with van der Waals surface area (Å²) in [6.45, 7) is 1.81. The fraction of sp³-hybridized carbons (Fsp3) is 0.200. The quantitative estimate of drug-likeness (QED) is 0.271. The summed E-state index contributed by atoms with van der Waals surface area (Å²) < 4.78 is 36.2. The number of nitrogens with zero attached hydrogens (tertiary/aromatic N) is 1. The first kappa shape index (κ1) is 26.6. The van der Waals surface area contributed by atoms with Crippen molar-refractivity contribution in [2.24, 2.45) is 5.14 Å². The molecule has 3 N–H and O–H groups in total. The van der Waals surface area contributed by atoms with Crippen LogP contribution in [-0.2, 0) is 16.6 Å². The molecule has 2 aromatic carbocycles. The second-order valence-corrected chi connectivity index (χ2v) is 9.51. The number of ether oxygens (including phenoxy) is 1. The van der Waals surface area contributed by atoms with Crippen molar-refractivity contribution in [3.63, 3.8) is 0 Å². The average Bonchev–Trinajstić information content (AvgIpc) is 2.65. The van der Waals surface area contributed by atoms with Crippen LogP contribution in [0.2, 0.25) is 0 Å². The Balaban J connectivity index is 0.00000363. The zero-order chi connectivity index (χ0) is 22.9. The summed E-state index contributed by atoms with van der Waals surface area (Å²) in [7, 11) is -0.765. The maximum Gasteiger partial charge on any atom is 0.414 e. The van der Waals surface area contributed by atoms with Crippen molar-refractivity contribution >= 4 is 85.1 Å². The summed E-state index contributed by atoms with van der Waals surface area (Å²) in [5, 5.41) is 5.73. The molecule has 0 saturated carbocycles. The van der Waals surface area contributed by atoms with Crippen LogP contribution in [0.4, 0.5) is 10.5 Å². The summed E-state index contributed by atoms with van der Waals surface area (Å²) in [6, 6.07) is 9.89. The molecule has 0 aliphatic heterocycles. The van der Waals surface area contributed by atoms with Gasteiger partial charge < -0.3 is 14.1 Å². The standard InChI is InChI=1S/C20H20IN3O6S.Na/c1-11-14-9-16(21)18(30-20(26)24(2)3)10-17(14)29-19(25)15(11)8-12-5-4-6-13(7-12)23-31(22,27)28;/h4-7,9-10,23H,8H2,1-3H3,(H2,22,27,28);. The number of hydrogen-bond acceptors (Lipinski definition) is 6. The molecule has 1 heterocycles. The van der Waals surface area contributed by atoms with Crippen LogP contribution < -0.4 is 20.2 Å². The van der Waals surface area contributed by atoms with Crippen LogP contribution in [0.3, 0.4) is 0 Å². The molecule has 0 spiro atoms. The number of carbonyl (C=O) groups is 1. The van der Waals surface area contributed by atoms with Crippen molar-refractivity contribution in [2.75, 3.05) is 18.8 Å². The number of nitrogens with one attached hydrogen (secondary N) is 1. The van der Waals surface area contributed by atoms with Gasteiger partial charge in [0.25, 0.3) is 10.2 Å². The van der Waals surface area contributed by atoms with Gasteiger partial charge in [-0.1, -0.05) is 12.1 Å². The van der Waals surface area contributed by atoms with Gasteiger partial charge in [-0.25, -0.2) is 14.7 Å². The van der Waals surface area contributed by atoms with Crippen molar-refractivity contribution < 1.29 is 22.4 Å². The van der Waals surface area contributed by atoms with Crippen LogP contribution in [0.15, 0.2) is 45.6 Å². The van der Waals surface area contributed by atoms with Gasteiger partial charge in [0.05, 0.1) is 9.26 Å². The number of halogens is 1. The van der Waals surface area contributed by atoms with Crippen LogP contribution in [0.1, 0.15) is 16.7 Å². The first-order chi connectivity index (χ1) is 14.4. The number of rotatable bonds is 5. The molecular formula is C20H20IN3NaO6S. The second kappa shape index (κ2) is 10.5. The third kappa shape index (κ3) is 6.45. The molecule has 0 fully saturated rings. The molecule has 1 amide bonds. The second-order valence-electron chi connectivity index (χ2n) is 7.06. The molecule has 9 nitrogen and oxygen atoms in total. The van der Waals surface area contributed by atoms with Gasteiger partial charge in [-0.3, -0.25) is 4.72 Å². The molecular weight excluding hydrogens is 560 g/mol. The van der Waals surface area contributed by atoms with Crippen LogP contribution in [0.5, 0.6) is 5.75 Å². The fourth-order valence-electron chi connectivity index (χ4n) is 2.97. The molecule has 0 saturated heterocycles. The number of amides is 1. The number of hydrogen-bond donors (Lipinski definition) is 2. The zero-order valence-electron chi connectivity index (χ0n) is 17.9. The SMILES string of the molecule is Cc1c(Cc2cccc(NS(N)(=O)=O)c2)c(=O)oc2cc(OC(=O)N(C)C)c(I)cc12.[Na]. The topological polar surface area (TPSA) is 132 Å². The largest absolute Gasteiger partial charge is 0.422 e.